The number of rotatable bonds is 6. The molecule has 146 valence electrons. The highest BCUT2D eigenvalue weighted by Gasteiger charge is 2.25. The van der Waals surface area contributed by atoms with Crippen LogP contribution in [0.3, 0.4) is 0 Å². The molecule has 0 spiro atoms. The third kappa shape index (κ3) is 4.36. The summed E-state index contributed by atoms with van der Waals surface area (Å²) in [6.45, 7) is 1.25. The van der Waals surface area contributed by atoms with Crippen molar-refractivity contribution in [3.63, 3.8) is 0 Å². The van der Waals surface area contributed by atoms with E-state index >= 15 is 0 Å². The molecule has 1 saturated heterocycles. The molecule has 1 aromatic carbocycles. The molecule has 0 radical (unpaired) electrons. The lowest BCUT2D eigenvalue weighted by Crippen LogP contribution is -2.45. The van der Waals surface area contributed by atoms with Crippen molar-refractivity contribution < 1.29 is 18.7 Å². The summed E-state index contributed by atoms with van der Waals surface area (Å²) in [5.74, 6) is 1.19. The number of piperidine rings is 1. The summed E-state index contributed by atoms with van der Waals surface area (Å²) in [5, 5.41) is 8.39. The van der Waals surface area contributed by atoms with Crippen LogP contribution in [0.5, 0.6) is 11.8 Å². The molecule has 1 atom stereocenters. The minimum absolute atomic E-state index is 0.0429. The number of oxazole rings is 1. The van der Waals surface area contributed by atoms with Crippen LogP contribution in [-0.4, -0.2) is 58.0 Å². The van der Waals surface area contributed by atoms with Crippen LogP contribution in [0.25, 0.3) is 11.1 Å². The molecular formula is C19H20N4O4S. The van der Waals surface area contributed by atoms with Crippen LogP contribution in [0.1, 0.15) is 12.8 Å². The van der Waals surface area contributed by atoms with Crippen molar-refractivity contribution >= 4 is 28.8 Å². The first-order valence-electron chi connectivity index (χ1n) is 9.02. The Kier molecular flexibility index (Phi) is 5.61. The third-order valence-corrected chi connectivity index (χ3v) is 5.25. The van der Waals surface area contributed by atoms with E-state index < -0.39 is 0 Å². The van der Waals surface area contributed by atoms with Gasteiger partial charge < -0.3 is 18.8 Å². The molecule has 9 heteroatoms. The quantitative estimate of drug-likeness (QED) is 0.584. The molecule has 0 N–H and O–H groups in total. The first kappa shape index (κ1) is 18.5. The number of hydrogen-bond acceptors (Lipinski definition) is 8. The van der Waals surface area contributed by atoms with Gasteiger partial charge in [0.05, 0.1) is 19.4 Å². The number of carbonyl (C=O) groups excluding carboxylic acids is 1. The van der Waals surface area contributed by atoms with Crippen LogP contribution in [0.4, 0.5) is 0 Å². The molecule has 3 aromatic rings. The molecule has 1 fully saturated rings. The highest BCUT2D eigenvalue weighted by molar-refractivity contribution is 7.99. The molecule has 1 aliphatic heterocycles. The fraction of sp³-hybridized carbons (Fsp3) is 0.368. The van der Waals surface area contributed by atoms with Gasteiger partial charge in [0.2, 0.25) is 17.7 Å². The fourth-order valence-corrected chi connectivity index (χ4v) is 3.78. The number of fused-ring (bicyclic) bond motifs is 1. The fourth-order valence-electron chi connectivity index (χ4n) is 3.04. The molecule has 0 aliphatic carbocycles. The highest BCUT2D eigenvalue weighted by Crippen LogP contribution is 2.24. The first-order valence-corrected chi connectivity index (χ1v) is 10.0. The number of benzene rings is 1. The normalized spacial score (nSPS) is 16.9. The van der Waals surface area contributed by atoms with Crippen molar-refractivity contribution in [3.05, 3.63) is 36.4 Å². The van der Waals surface area contributed by atoms with E-state index in [1.807, 2.05) is 29.2 Å². The van der Waals surface area contributed by atoms with Gasteiger partial charge in [-0.05, 0) is 25.0 Å². The number of aromatic nitrogens is 3. The van der Waals surface area contributed by atoms with Gasteiger partial charge in [0.1, 0.15) is 11.6 Å². The Hall–Kier alpha value is -2.81. The van der Waals surface area contributed by atoms with Crippen molar-refractivity contribution in [2.45, 2.75) is 24.2 Å². The Morgan fingerprint density at radius 1 is 1.25 bits per heavy atom. The van der Waals surface area contributed by atoms with Gasteiger partial charge in [-0.15, -0.1) is 10.2 Å². The van der Waals surface area contributed by atoms with E-state index in [1.165, 1.54) is 18.9 Å². The lowest BCUT2D eigenvalue weighted by Gasteiger charge is -2.32. The Labute approximate surface area is 166 Å². The zero-order valence-corrected chi connectivity index (χ0v) is 16.2. The molecule has 3 heterocycles. The second-order valence-electron chi connectivity index (χ2n) is 6.37. The molecule has 1 amide bonds. The SMILES string of the molecule is COc1ccc(OC2CCCN(C(=O)CSc3nc4ccccc4o3)C2)nn1. The van der Waals surface area contributed by atoms with Gasteiger partial charge in [-0.1, -0.05) is 23.9 Å². The van der Waals surface area contributed by atoms with Crippen LogP contribution in [-0.2, 0) is 4.79 Å². The average molecular weight is 400 g/mol. The zero-order valence-electron chi connectivity index (χ0n) is 15.4. The van der Waals surface area contributed by atoms with E-state index in [1.54, 1.807) is 12.1 Å². The third-order valence-electron chi connectivity index (χ3n) is 4.44. The number of amides is 1. The summed E-state index contributed by atoms with van der Waals surface area (Å²) in [4.78, 5) is 18.8. The largest absolute Gasteiger partial charge is 0.480 e. The van der Waals surface area contributed by atoms with Crippen LogP contribution >= 0.6 is 11.8 Å². The van der Waals surface area contributed by atoms with Crippen LogP contribution in [0, 0.1) is 0 Å². The molecular weight excluding hydrogens is 380 g/mol. The topological polar surface area (TPSA) is 90.6 Å². The van der Waals surface area contributed by atoms with Gasteiger partial charge in [0.15, 0.2) is 5.58 Å². The number of hydrogen-bond donors (Lipinski definition) is 0. The van der Waals surface area contributed by atoms with Gasteiger partial charge >= 0.3 is 0 Å². The molecule has 1 unspecified atom stereocenters. The van der Waals surface area contributed by atoms with Crippen molar-refractivity contribution in [1.29, 1.82) is 0 Å². The first-order chi connectivity index (χ1) is 13.7. The Morgan fingerprint density at radius 3 is 2.86 bits per heavy atom. The van der Waals surface area contributed by atoms with Crippen LogP contribution < -0.4 is 9.47 Å². The van der Waals surface area contributed by atoms with E-state index in [-0.39, 0.29) is 17.8 Å². The maximum absolute atomic E-state index is 12.6. The van der Waals surface area contributed by atoms with Crippen molar-refractivity contribution in [1.82, 2.24) is 20.1 Å². The van der Waals surface area contributed by atoms with E-state index in [0.29, 0.717) is 23.5 Å². The molecule has 28 heavy (non-hydrogen) atoms. The lowest BCUT2D eigenvalue weighted by atomic mass is 10.1. The minimum atomic E-state index is -0.102. The van der Waals surface area contributed by atoms with Gasteiger partial charge in [-0.3, -0.25) is 4.79 Å². The Balaban J connectivity index is 1.31. The number of carbonyl (C=O) groups is 1. The summed E-state index contributed by atoms with van der Waals surface area (Å²) in [5.41, 5.74) is 1.52. The Bertz CT molecular complexity index is 914. The number of ether oxygens (including phenoxy) is 2. The van der Waals surface area contributed by atoms with Crippen molar-refractivity contribution in [2.75, 3.05) is 26.0 Å². The number of likely N-dealkylation sites (tertiary alicyclic amines) is 1. The zero-order chi connectivity index (χ0) is 19.3. The number of para-hydroxylation sites is 2. The standard InChI is InChI=1S/C19H20N4O4S/c1-25-16-8-9-17(22-21-16)26-13-5-4-10-23(11-13)18(24)12-28-19-20-14-6-2-3-7-15(14)27-19/h2-3,6-9,13H,4-5,10-12H2,1H3. The maximum atomic E-state index is 12.6. The predicted molar refractivity (Wildman–Crippen MR) is 104 cm³/mol. The summed E-state index contributed by atoms with van der Waals surface area (Å²) in [6.07, 6.45) is 1.65. The number of thioether (sulfide) groups is 1. The molecule has 4 rings (SSSR count). The highest BCUT2D eigenvalue weighted by atomic mass is 32.2. The molecule has 8 nitrogen and oxygen atoms in total. The van der Waals surface area contributed by atoms with Gasteiger partial charge in [-0.25, -0.2) is 4.98 Å². The maximum Gasteiger partial charge on any atom is 0.257 e. The van der Waals surface area contributed by atoms with E-state index in [2.05, 4.69) is 15.2 Å². The summed E-state index contributed by atoms with van der Waals surface area (Å²) in [7, 11) is 1.54. The monoisotopic (exact) mass is 400 g/mol. The molecule has 0 bridgehead atoms. The summed E-state index contributed by atoms with van der Waals surface area (Å²) < 4.78 is 16.5. The van der Waals surface area contributed by atoms with Gasteiger partial charge in [0, 0.05) is 18.7 Å². The average Bonchev–Trinajstić information content (AvgIpc) is 3.16. The van der Waals surface area contributed by atoms with Crippen LogP contribution in [0.2, 0.25) is 0 Å². The number of nitrogens with zero attached hydrogens (tertiary/aromatic N) is 4. The summed E-state index contributed by atoms with van der Waals surface area (Å²) in [6, 6.07) is 11.0. The second kappa shape index (κ2) is 8.47. The molecule has 2 aromatic heterocycles. The van der Waals surface area contributed by atoms with Crippen molar-refractivity contribution in [3.8, 4) is 11.8 Å². The predicted octanol–water partition coefficient (Wildman–Crippen LogP) is 2.79. The van der Waals surface area contributed by atoms with Crippen LogP contribution in [0.15, 0.2) is 46.0 Å². The second-order valence-corrected chi connectivity index (χ2v) is 7.30. The molecule has 0 saturated carbocycles. The van der Waals surface area contributed by atoms with Crippen molar-refractivity contribution in [2.24, 2.45) is 0 Å². The number of methoxy groups -OCH3 is 1. The van der Waals surface area contributed by atoms with Gasteiger partial charge in [-0.2, -0.15) is 0 Å². The smallest absolute Gasteiger partial charge is 0.257 e. The minimum Gasteiger partial charge on any atom is -0.480 e. The molecule has 1 aliphatic rings. The summed E-state index contributed by atoms with van der Waals surface area (Å²) >= 11 is 1.31. The Morgan fingerprint density at radius 2 is 2.07 bits per heavy atom. The van der Waals surface area contributed by atoms with E-state index in [0.717, 1.165) is 30.5 Å². The van der Waals surface area contributed by atoms with E-state index in [4.69, 9.17) is 13.9 Å². The van der Waals surface area contributed by atoms with E-state index in [9.17, 15) is 4.79 Å². The lowest BCUT2D eigenvalue weighted by molar-refractivity contribution is -0.131. The van der Waals surface area contributed by atoms with Gasteiger partial charge in [0.25, 0.3) is 5.22 Å².